The first kappa shape index (κ1) is 12.1. The molecular formula is C8H11ClN4O4. The summed E-state index contributed by atoms with van der Waals surface area (Å²) in [4.78, 5) is 36.2. The fraction of sp³-hybridized carbons (Fsp3) is 0.625. The van der Waals surface area contributed by atoms with Crippen LogP contribution in [0.3, 0.4) is 0 Å². The van der Waals surface area contributed by atoms with Crippen molar-refractivity contribution in [2.45, 2.75) is 17.8 Å². The number of nitrogens with zero attached hydrogens (tertiary/aromatic N) is 2. The molecule has 94 valence electrons. The molecule has 17 heavy (non-hydrogen) atoms. The first-order valence-electron chi connectivity index (χ1n) is 4.88. The number of imide groups is 1. The number of alkyl halides is 1. The summed E-state index contributed by atoms with van der Waals surface area (Å²) in [6.07, 6.45) is -0.553. The topological polar surface area (TPSA) is 102 Å². The van der Waals surface area contributed by atoms with Gasteiger partial charge in [0.25, 0.3) is 5.91 Å². The van der Waals surface area contributed by atoms with Gasteiger partial charge in [-0.3, -0.25) is 25.1 Å². The highest BCUT2D eigenvalue weighted by Gasteiger charge is 2.49. The van der Waals surface area contributed by atoms with Gasteiger partial charge in [0.05, 0.1) is 0 Å². The van der Waals surface area contributed by atoms with E-state index in [2.05, 4.69) is 10.6 Å². The van der Waals surface area contributed by atoms with Gasteiger partial charge in [-0.15, -0.1) is 0 Å². The number of nitrogens with one attached hydrogen (secondary N) is 2. The molecular weight excluding hydrogens is 252 g/mol. The van der Waals surface area contributed by atoms with Gasteiger partial charge in [-0.25, -0.2) is 4.79 Å². The zero-order valence-electron chi connectivity index (χ0n) is 8.88. The number of carboxylic acids is 1. The normalized spacial score (nSPS) is 32.9. The lowest BCUT2D eigenvalue weighted by Gasteiger charge is -2.38. The van der Waals surface area contributed by atoms with Crippen molar-refractivity contribution in [1.82, 2.24) is 20.4 Å². The summed E-state index contributed by atoms with van der Waals surface area (Å²) in [5, 5.41) is 14.2. The van der Waals surface area contributed by atoms with Crippen molar-refractivity contribution in [2.75, 3.05) is 13.6 Å². The number of amides is 3. The van der Waals surface area contributed by atoms with Gasteiger partial charge in [-0.05, 0) is 0 Å². The molecule has 0 aromatic heterocycles. The minimum Gasteiger partial charge on any atom is -0.480 e. The molecule has 2 aliphatic heterocycles. The summed E-state index contributed by atoms with van der Waals surface area (Å²) < 4.78 is 0. The molecule has 0 aromatic rings. The van der Waals surface area contributed by atoms with Gasteiger partial charge in [-0.1, -0.05) is 11.6 Å². The average molecular weight is 263 g/mol. The number of likely N-dealkylation sites (N-methyl/N-ethyl adjacent to an activating group) is 1. The summed E-state index contributed by atoms with van der Waals surface area (Å²) in [5.74, 6) is -1.83. The van der Waals surface area contributed by atoms with Gasteiger partial charge in [0.1, 0.15) is 24.4 Å². The van der Waals surface area contributed by atoms with Crippen LogP contribution in [-0.4, -0.2) is 64.2 Å². The molecule has 2 saturated heterocycles. The summed E-state index contributed by atoms with van der Waals surface area (Å²) >= 11 is 5.77. The number of fused-ring (bicyclic) bond motifs is 1. The first-order chi connectivity index (χ1) is 7.91. The van der Waals surface area contributed by atoms with Crippen molar-refractivity contribution >= 4 is 29.5 Å². The van der Waals surface area contributed by atoms with Crippen LogP contribution in [0.1, 0.15) is 0 Å². The Labute approximate surface area is 101 Å². The van der Waals surface area contributed by atoms with Crippen LogP contribution in [0.4, 0.5) is 4.79 Å². The number of hydrogen-bond donors (Lipinski definition) is 3. The number of carbonyl (C=O) groups is 3. The molecule has 2 heterocycles. The summed E-state index contributed by atoms with van der Waals surface area (Å²) in [7, 11) is 1.48. The second-order valence-electron chi connectivity index (χ2n) is 3.83. The second kappa shape index (κ2) is 4.13. The van der Waals surface area contributed by atoms with Gasteiger partial charge in [0, 0.05) is 7.05 Å². The molecule has 9 heteroatoms. The van der Waals surface area contributed by atoms with E-state index in [1.165, 1.54) is 11.9 Å². The molecule has 0 spiro atoms. The van der Waals surface area contributed by atoms with Crippen LogP contribution < -0.4 is 10.6 Å². The fourth-order valence-corrected chi connectivity index (χ4v) is 2.20. The molecule has 0 radical (unpaired) electrons. The van der Waals surface area contributed by atoms with E-state index in [-0.39, 0.29) is 0 Å². The molecule has 3 amide bonds. The maximum Gasteiger partial charge on any atom is 0.328 e. The van der Waals surface area contributed by atoms with Crippen LogP contribution in [0.25, 0.3) is 0 Å². The average Bonchev–Trinajstić information content (AvgIpc) is 2.63. The van der Waals surface area contributed by atoms with E-state index in [0.717, 1.165) is 0 Å². The second-order valence-corrected chi connectivity index (χ2v) is 4.27. The fourth-order valence-electron chi connectivity index (χ4n) is 1.94. The number of urea groups is 1. The summed E-state index contributed by atoms with van der Waals surface area (Å²) in [5.41, 5.74) is -0.631. The Morgan fingerprint density at radius 1 is 1.47 bits per heavy atom. The van der Waals surface area contributed by atoms with Gasteiger partial charge in [0.15, 0.2) is 0 Å². The van der Waals surface area contributed by atoms with E-state index >= 15 is 0 Å². The SMILES string of the molecule is CN1C(=O)N(CC(=O)O)C(=O)C2NC(Cl)NC21. The third-order valence-corrected chi connectivity index (χ3v) is 2.99. The molecule has 0 saturated carbocycles. The molecule has 0 aromatic carbocycles. The molecule has 3 unspecified atom stereocenters. The molecule has 8 nitrogen and oxygen atoms in total. The van der Waals surface area contributed by atoms with Crippen molar-refractivity contribution in [3.8, 4) is 0 Å². The quantitative estimate of drug-likeness (QED) is 0.408. The van der Waals surface area contributed by atoms with Crippen molar-refractivity contribution in [1.29, 1.82) is 0 Å². The largest absolute Gasteiger partial charge is 0.480 e. The molecule has 3 N–H and O–H groups in total. The van der Waals surface area contributed by atoms with E-state index in [4.69, 9.17) is 16.7 Å². The number of carboxylic acid groups (broad SMARTS) is 1. The van der Waals surface area contributed by atoms with Gasteiger partial charge in [0.2, 0.25) is 0 Å². The Morgan fingerprint density at radius 2 is 2.12 bits per heavy atom. The van der Waals surface area contributed by atoms with Crippen molar-refractivity contribution in [3.05, 3.63) is 0 Å². The van der Waals surface area contributed by atoms with Gasteiger partial charge < -0.3 is 10.0 Å². The first-order valence-corrected chi connectivity index (χ1v) is 5.31. The Kier molecular flexibility index (Phi) is 2.94. The lowest BCUT2D eigenvalue weighted by atomic mass is 10.1. The molecule has 2 rings (SSSR count). The maximum atomic E-state index is 11.9. The number of halogens is 1. The number of aliphatic carboxylic acids is 1. The lowest BCUT2D eigenvalue weighted by Crippen LogP contribution is -2.66. The van der Waals surface area contributed by atoms with Crippen LogP contribution in [0.2, 0.25) is 0 Å². The highest BCUT2D eigenvalue weighted by molar-refractivity contribution is 6.20. The zero-order valence-corrected chi connectivity index (χ0v) is 9.64. The Bertz CT molecular complexity index is 390. The molecule has 3 atom stereocenters. The van der Waals surface area contributed by atoms with E-state index in [1.54, 1.807) is 0 Å². The molecule has 2 aliphatic rings. The van der Waals surface area contributed by atoms with Crippen LogP contribution in [-0.2, 0) is 9.59 Å². The maximum absolute atomic E-state index is 11.9. The van der Waals surface area contributed by atoms with Crippen LogP contribution in [0, 0.1) is 0 Å². The molecule has 0 aliphatic carbocycles. The van der Waals surface area contributed by atoms with Crippen LogP contribution >= 0.6 is 11.6 Å². The Balaban J connectivity index is 2.24. The smallest absolute Gasteiger partial charge is 0.328 e. The third kappa shape index (κ3) is 1.94. The monoisotopic (exact) mass is 262 g/mol. The zero-order chi connectivity index (χ0) is 12.7. The molecule has 2 fully saturated rings. The number of carbonyl (C=O) groups excluding carboxylic acids is 2. The van der Waals surface area contributed by atoms with Crippen molar-refractivity contribution in [3.63, 3.8) is 0 Å². The highest BCUT2D eigenvalue weighted by Crippen LogP contribution is 2.20. The predicted octanol–water partition coefficient (Wildman–Crippen LogP) is -1.63. The van der Waals surface area contributed by atoms with Crippen molar-refractivity contribution < 1.29 is 19.5 Å². The minimum atomic E-state index is -1.24. The molecule has 0 bridgehead atoms. The Hall–Kier alpha value is -1.38. The summed E-state index contributed by atoms with van der Waals surface area (Å²) in [6, 6.07) is -1.38. The van der Waals surface area contributed by atoms with E-state index in [0.29, 0.717) is 4.90 Å². The lowest BCUT2D eigenvalue weighted by molar-refractivity contribution is -0.145. The van der Waals surface area contributed by atoms with Gasteiger partial charge in [-0.2, -0.15) is 0 Å². The third-order valence-electron chi connectivity index (χ3n) is 2.73. The van der Waals surface area contributed by atoms with Crippen LogP contribution in [0.15, 0.2) is 0 Å². The Morgan fingerprint density at radius 3 is 2.71 bits per heavy atom. The minimum absolute atomic E-state index is 0.553. The number of rotatable bonds is 2. The van der Waals surface area contributed by atoms with E-state index < -0.39 is 42.3 Å². The number of hydrogen-bond acceptors (Lipinski definition) is 5. The summed E-state index contributed by atoms with van der Waals surface area (Å²) in [6.45, 7) is -0.653. The van der Waals surface area contributed by atoms with E-state index in [9.17, 15) is 14.4 Å². The van der Waals surface area contributed by atoms with Crippen LogP contribution in [0.5, 0.6) is 0 Å². The van der Waals surface area contributed by atoms with E-state index in [1.807, 2.05) is 0 Å². The predicted molar refractivity (Wildman–Crippen MR) is 56.0 cm³/mol. The highest BCUT2D eigenvalue weighted by atomic mass is 35.5. The van der Waals surface area contributed by atoms with Gasteiger partial charge >= 0.3 is 12.0 Å². The van der Waals surface area contributed by atoms with Crippen molar-refractivity contribution in [2.24, 2.45) is 0 Å². The standard InChI is InChI=1S/C8H11ClN4O4/c1-12-5-4(10-7(9)11-5)6(16)13(8(12)17)2-3(14)15/h4-5,7,10-11H,2H2,1H3,(H,14,15).